The van der Waals surface area contributed by atoms with Crippen molar-refractivity contribution in [1.82, 2.24) is 0 Å². The minimum absolute atomic E-state index is 0.121. The van der Waals surface area contributed by atoms with Gasteiger partial charge in [0.2, 0.25) is 6.04 Å². The number of nitrogens with zero attached hydrogens (tertiary/aromatic N) is 2. The van der Waals surface area contributed by atoms with Crippen molar-refractivity contribution >= 4 is 46.3 Å². The number of hydrogen-bond donors (Lipinski definition) is 1. The second-order valence-electron chi connectivity index (χ2n) is 6.50. The van der Waals surface area contributed by atoms with Crippen LogP contribution < -0.4 is 24.3 Å². The monoisotopic (exact) mass is 497 g/mol. The molecule has 0 aliphatic heterocycles. The van der Waals surface area contributed by atoms with Crippen LogP contribution in [-0.2, 0) is 9.59 Å². The van der Waals surface area contributed by atoms with Crippen molar-refractivity contribution in [2.75, 3.05) is 32.8 Å². The molecule has 0 aliphatic carbocycles. The quantitative estimate of drug-likeness (QED) is 0.324. The number of amides is 1. The maximum atomic E-state index is 12.9. The van der Waals surface area contributed by atoms with E-state index in [4.69, 9.17) is 42.1 Å². The molecule has 1 unspecified atom stereocenters. The van der Waals surface area contributed by atoms with Gasteiger partial charge < -0.3 is 24.3 Å². The van der Waals surface area contributed by atoms with Gasteiger partial charge in [-0.05, 0) is 32.9 Å². The van der Waals surface area contributed by atoms with Crippen LogP contribution in [0.2, 0.25) is 10.0 Å². The third kappa shape index (κ3) is 6.49. The summed E-state index contributed by atoms with van der Waals surface area (Å²) in [6, 6.07) is 4.76. The van der Waals surface area contributed by atoms with Crippen molar-refractivity contribution in [1.29, 1.82) is 0 Å². The van der Waals surface area contributed by atoms with E-state index in [1.165, 1.54) is 33.3 Å². The number of methoxy groups -OCH3 is 2. The third-order valence-electron chi connectivity index (χ3n) is 4.28. The fourth-order valence-electron chi connectivity index (χ4n) is 2.75. The molecule has 178 valence electrons. The van der Waals surface area contributed by atoms with E-state index in [1.807, 2.05) is 13.8 Å². The van der Waals surface area contributed by atoms with Gasteiger partial charge in [-0.15, -0.1) is 5.11 Å². The molecule has 1 atom stereocenters. The average Bonchev–Trinajstić information content (AvgIpc) is 2.77. The van der Waals surface area contributed by atoms with Crippen LogP contribution in [0.1, 0.15) is 20.8 Å². The van der Waals surface area contributed by atoms with Gasteiger partial charge in [-0.1, -0.05) is 23.2 Å². The Kier molecular flexibility index (Phi) is 9.74. The Morgan fingerprint density at radius 1 is 0.970 bits per heavy atom. The fraction of sp³-hybridized carbons (Fsp3) is 0.364. The molecule has 9 nitrogen and oxygen atoms in total. The summed E-state index contributed by atoms with van der Waals surface area (Å²) in [5.74, 6) is 0.181. The van der Waals surface area contributed by atoms with Crippen molar-refractivity contribution in [3.63, 3.8) is 0 Å². The Balaban J connectivity index is 2.36. The molecule has 0 aliphatic rings. The molecule has 11 heteroatoms. The smallest absolute Gasteiger partial charge is 0.258 e. The summed E-state index contributed by atoms with van der Waals surface area (Å²) in [6.45, 7) is 5.64. The number of carbonyl (C=O) groups excluding carboxylic acids is 2. The maximum absolute atomic E-state index is 12.9. The van der Waals surface area contributed by atoms with E-state index in [0.29, 0.717) is 36.2 Å². The lowest BCUT2D eigenvalue weighted by atomic mass is 10.2. The van der Waals surface area contributed by atoms with Crippen LogP contribution in [0.3, 0.4) is 0 Å². The number of anilines is 1. The molecular weight excluding hydrogens is 473 g/mol. The lowest BCUT2D eigenvalue weighted by molar-refractivity contribution is -0.126. The lowest BCUT2D eigenvalue weighted by Crippen LogP contribution is -2.32. The summed E-state index contributed by atoms with van der Waals surface area (Å²) < 4.78 is 21.5. The summed E-state index contributed by atoms with van der Waals surface area (Å²) in [4.78, 5) is 25.0. The van der Waals surface area contributed by atoms with E-state index in [0.717, 1.165) is 0 Å². The van der Waals surface area contributed by atoms with Crippen molar-refractivity contribution < 1.29 is 28.5 Å². The molecule has 0 spiro atoms. The zero-order valence-corrected chi connectivity index (χ0v) is 20.4. The number of ketones is 1. The van der Waals surface area contributed by atoms with Gasteiger partial charge in [-0.3, -0.25) is 9.59 Å². The van der Waals surface area contributed by atoms with Crippen LogP contribution in [0.15, 0.2) is 34.5 Å². The number of ether oxygens (including phenoxy) is 4. The van der Waals surface area contributed by atoms with Crippen molar-refractivity contribution in [2.45, 2.75) is 26.8 Å². The molecule has 33 heavy (non-hydrogen) atoms. The second kappa shape index (κ2) is 12.3. The summed E-state index contributed by atoms with van der Waals surface area (Å²) in [6.07, 6.45) is 0. The van der Waals surface area contributed by atoms with E-state index < -0.39 is 17.7 Å². The Morgan fingerprint density at radius 2 is 1.55 bits per heavy atom. The summed E-state index contributed by atoms with van der Waals surface area (Å²) >= 11 is 12.6. The van der Waals surface area contributed by atoms with Gasteiger partial charge in [0.05, 0.1) is 38.1 Å². The SMILES string of the molecule is CCOc1cc(Cl)c(NC(=O)C(N=Nc2c(OC)ccc(OC)c2Cl)C(C)=O)cc1OCC. The van der Waals surface area contributed by atoms with E-state index in [-0.39, 0.29) is 21.4 Å². The van der Waals surface area contributed by atoms with Crippen LogP contribution in [0, 0.1) is 0 Å². The normalized spacial score (nSPS) is 11.7. The van der Waals surface area contributed by atoms with Gasteiger partial charge in [-0.25, -0.2) is 0 Å². The first-order valence-electron chi connectivity index (χ1n) is 9.99. The lowest BCUT2D eigenvalue weighted by Gasteiger charge is -2.16. The number of azo groups is 1. The van der Waals surface area contributed by atoms with E-state index in [2.05, 4.69) is 15.5 Å². The highest BCUT2D eigenvalue weighted by atomic mass is 35.5. The van der Waals surface area contributed by atoms with Gasteiger partial charge in [0.25, 0.3) is 5.91 Å². The standard InChI is InChI=1S/C22H25Cl2N3O6/c1-6-32-17-10-13(23)14(11-18(17)33-7-2)25-22(29)20(12(3)28)26-27-21-16(31-5)9-8-15(30-4)19(21)24/h8-11,20H,6-7H2,1-5H3,(H,25,29). The molecule has 0 saturated heterocycles. The molecule has 2 rings (SSSR count). The Labute approximate surface area is 202 Å². The number of benzene rings is 2. The summed E-state index contributed by atoms with van der Waals surface area (Å²) in [5.41, 5.74) is 0.349. The molecule has 0 bridgehead atoms. The molecular formula is C22H25Cl2N3O6. The molecule has 2 aromatic carbocycles. The Bertz CT molecular complexity index is 1050. The first-order chi connectivity index (χ1) is 15.8. The van der Waals surface area contributed by atoms with Crippen LogP contribution in [0.4, 0.5) is 11.4 Å². The van der Waals surface area contributed by atoms with Gasteiger partial charge in [0, 0.05) is 12.1 Å². The van der Waals surface area contributed by atoms with E-state index in [1.54, 1.807) is 12.1 Å². The fourth-order valence-corrected chi connectivity index (χ4v) is 3.22. The van der Waals surface area contributed by atoms with Gasteiger partial charge in [0.1, 0.15) is 22.2 Å². The van der Waals surface area contributed by atoms with Crippen molar-refractivity contribution in [3.05, 3.63) is 34.3 Å². The highest BCUT2D eigenvalue weighted by molar-refractivity contribution is 6.35. The number of hydrogen-bond acceptors (Lipinski definition) is 8. The molecule has 0 fully saturated rings. The van der Waals surface area contributed by atoms with Gasteiger partial charge >= 0.3 is 0 Å². The van der Waals surface area contributed by atoms with Crippen molar-refractivity contribution in [3.8, 4) is 23.0 Å². The third-order valence-corrected chi connectivity index (χ3v) is 4.96. The highest BCUT2D eigenvalue weighted by Crippen LogP contribution is 2.42. The molecule has 2 aromatic rings. The first-order valence-corrected chi connectivity index (χ1v) is 10.7. The molecule has 0 aromatic heterocycles. The second-order valence-corrected chi connectivity index (χ2v) is 7.28. The largest absolute Gasteiger partial charge is 0.495 e. The van der Waals surface area contributed by atoms with Crippen LogP contribution in [0.5, 0.6) is 23.0 Å². The highest BCUT2D eigenvalue weighted by Gasteiger charge is 2.25. The predicted octanol–water partition coefficient (Wildman–Crippen LogP) is 5.49. The molecule has 0 heterocycles. The average molecular weight is 498 g/mol. The zero-order valence-electron chi connectivity index (χ0n) is 18.9. The number of Topliss-reactive ketones (excluding diaryl/α,β-unsaturated/α-hetero) is 1. The molecule has 0 saturated carbocycles. The van der Waals surface area contributed by atoms with Gasteiger partial charge in [0.15, 0.2) is 17.3 Å². The number of halogens is 2. The Hall–Kier alpha value is -3.04. The zero-order chi connectivity index (χ0) is 24.5. The topological polar surface area (TPSA) is 108 Å². The summed E-state index contributed by atoms with van der Waals surface area (Å²) in [7, 11) is 2.87. The minimum Gasteiger partial charge on any atom is -0.495 e. The first kappa shape index (κ1) is 26.2. The maximum Gasteiger partial charge on any atom is 0.258 e. The van der Waals surface area contributed by atoms with E-state index in [9.17, 15) is 9.59 Å². The molecule has 1 N–H and O–H groups in total. The number of rotatable bonds is 11. The van der Waals surface area contributed by atoms with E-state index >= 15 is 0 Å². The van der Waals surface area contributed by atoms with Gasteiger partial charge in [-0.2, -0.15) is 5.11 Å². The predicted molar refractivity (Wildman–Crippen MR) is 126 cm³/mol. The minimum atomic E-state index is -1.46. The number of nitrogens with one attached hydrogen (secondary N) is 1. The molecule has 1 amide bonds. The molecule has 0 radical (unpaired) electrons. The van der Waals surface area contributed by atoms with Crippen LogP contribution in [0.25, 0.3) is 0 Å². The Morgan fingerprint density at radius 3 is 2.09 bits per heavy atom. The summed E-state index contributed by atoms with van der Waals surface area (Å²) in [5, 5.41) is 10.8. The number of carbonyl (C=O) groups is 2. The van der Waals surface area contributed by atoms with Crippen LogP contribution in [-0.4, -0.2) is 45.2 Å². The van der Waals surface area contributed by atoms with Crippen molar-refractivity contribution in [2.24, 2.45) is 10.2 Å². The van der Waals surface area contributed by atoms with Crippen LogP contribution >= 0.6 is 23.2 Å².